The van der Waals surface area contributed by atoms with E-state index in [2.05, 4.69) is 0 Å². The zero-order chi connectivity index (χ0) is 33.3. The number of aliphatic hydroxyl groups is 1. The molecule has 2 rings (SSSR count). The van der Waals surface area contributed by atoms with Gasteiger partial charge in [-0.3, -0.25) is 33.6 Å². The van der Waals surface area contributed by atoms with Crippen molar-refractivity contribution in [1.82, 2.24) is 0 Å². The summed E-state index contributed by atoms with van der Waals surface area (Å²) in [5.41, 5.74) is 0. The first-order chi connectivity index (χ1) is 20.5. The molecule has 0 bridgehead atoms. The molecule has 0 aromatic rings. The van der Waals surface area contributed by atoms with Crippen LogP contribution in [0.4, 0.5) is 0 Å². The van der Waals surface area contributed by atoms with Crippen molar-refractivity contribution in [3.63, 3.8) is 0 Å². The molecule has 2 saturated heterocycles. The third-order valence-electron chi connectivity index (χ3n) is 5.89. The molecule has 10 atom stereocenters. The standard InChI is InChI=1S/C26H36O18/c1-10(27)35-8-18-19(38-12(3)29)22(40-14(5)31)24(42-16(7)33)26(43-18)36-9-17(37-11(2)28)20-21(39-13(4)30)23(25(34)44-20)41-15(6)32/h17-26,34H,8-9H2,1-7H3/t17?,18?,19-,20+,21?,22?,23?,24?,25-,26-/m1/s1. The summed E-state index contributed by atoms with van der Waals surface area (Å²) in [4.78, 5) is 83.0. The van der Waals surface area contributed by atoms with Crippen molar-refractivity contribution in [3.8, 4) is 0 Å². The maximum absolute atomic E-state index is 12.1. The van der Waals surface area contributed by atoms with Gasteiger partial charge in [-0.15, -0.1) is 0 Å². The quantitative estimate of drug-likeness (QED) is 0.192. The molecule has 0 aliphatic carbocycles. The number of carbonyl (C=O) groups is 7. The number of rotatable bonds is 12. The Kier molecular flexibility index (Phi) is 13.4. The Labute approximate surface area is 251 Å². The van der Waals surface area contributed by atoms with Crippen LogP contribution in [0, 0.1) is 0 Å². The predicted octanol–water partition coefficient (Wildman–Crippen LogP) is -1.40. The van der Waals surface area contributed by atoms with Crippen molar-refractivity contribution in [2.24, 2.45) is 0 Å². The molecule has 0 radical (unpaired) electrons. The fourth-order valence-electron chi connectivity index (χ4n) is 4.53. The molecule has 0 spiro atoms. The van der Waals surface area contributed by atoms with Gasteiger partial charge < -0.3 is 52.5 Å². The molecular weight excluding hydrogens is 600 g/mol. The van der Waals surface area contributed by atoms with E-state index in [-0.39, 0.29) is 0 Å². The normalized spacial score (nSPS) is 30.2. The molecule has 2 fully saturated rings. The minimum absolute atomic E-state index is 0.526. The van der Waals surface area contributed by atoms with E-state index in [1.54, 1.807) is 0 Å². The molecule has 0 aromatic carbocycles. The summed E-state index contributed by atoms with van der Waals surface area (Å²) >= 11 is 0. The van der Waals surface area contributed by atoms with Crippen LogP contribution in [0.5, 0.6) is 0 Å². The lowest BCUT2D eigenvalue weighted by molar-refractivity contribution is -0.313. The largest absolute Gasteiger partial charge is 0.463 e. The summed E-state index contributed by atoms with van der Waals surface area (Å²) in [5, 5.41) is 10.4. The van der Waals surface area contributed by atoms with Gasteiger partial charge in [-0.1, -0.05) is 0 Å². The van der Waals surface area contributed by atoms with Crippen LogP contribution in [-0.4, -0.2) is 122 Å². The lowest BCUT2D eigenvalue weighted by Gasteiger charge is -2.44. The Hall–Kier alpha value is -3.87. The van der Waals surface area contributed by atoms with Gasteiger partial charge >= 0.3 is 41.8 Å². The second kappa shape index (κ2) is 16.3. The lowest BCUT2D eigenvalue weighted by Crippen LogP contribution is -2.63. The molecule has 0 aromatic heterocycles. The molecule has 0 saturated carbocycles. The van der Waals surface area contributed by atoms with Gasteiger partial charge in [0, 0.05) is 48.5 Å². The summed E-state index contributed by atoms with van der Waals surface area (Å²) in [7, 11) is 0. The molecule has 0 amide bonds. The second-order valence-electron chi connectivity index (χ2n) is 9.69. The number of aliphatic hydroxyl groups excluding tert-OH is 1. The predicted molar refractivity (Wildman–Crippen MR) is 135 cm³/mol. The van der Waals surface area contributed by atoms with Crippen molar-refractivity contribution >= 4 is 41.8 Å². The maximum atomic E-state index is 12.1. The zero-order valence-electron chi connectivity index (χ0n) is 25.1. The number of esters is 7. The Bertz CT molecular complexity index is 1090. The first kappa shape index (κ1) is 36.3. The molecule has 2 aliphatic heterocycles. The first-order valence-electron chi connectivity index (χ1n) is 13.3. The third kappa shape index (κ3) is 10.7. The minimum atomic E-state index is -1.81. The number of hydrogen-bond donors (Lipinski definition) is 1. The van der Waals surface area contributed by atoms with E-state index >= 15 is 0 Å². The van der Waals surface area contributed by atoms with Crippen LogP contribution in [-0.2, 0) is 80.9 Å². The van der Waals surface area contributed by atoms with E-state index in [9.17, 15) is 38.7 Å². The Balaban J connectivity index is 2.47. The van der Waals surface area contributed by atoms with E-state index < -0.39 is 116 Å². The van der Waals surface area contributed by atoms with E-state index in [4.69, 9.17) is 47.4 Å². The van der Waals surface area contributed by atoms with Crippen molar-refractivity contribution in [3.05, 3.63) is 0 Å². The van der Waals surface area contributed by atoms with Crippen molar-refractivity contribution in [2.45, 2.75) is 110 Å². The van der Waals surface area contributed by atoms with Crippen LogP contribution in [0.25, 0.3) is 0 Å². The van der Waals surface area contributed by atoms with E-state index in [0.717, 1.165) is 48.5 Å². The average Bonchev–Trinajstić information content (AvgIpc) is 3.16. The van der Waals surface area contributed by atoms with Gasteiger partial charge in [0.15, 0.2) is 49.2 Å². The topological polar surface area (TPSA) is 232 Å². The SMILES string of the molecule is CC(=O)OCC1O[C@@H](OCC(OC(C)=O)[C@@H]2O[C@@H](O)C(OC(C)=O)C2OC(C)=O)C(OC(C)=O)C(OC(C)=O)[C@@H]1OC(C)=O. The van der Waals surface area contributed by atoms with Crippen LogP contribution in [0.1, 0.15) is 48.5 Å². The Morgan fingerprint density at radius 1 is 0.591 bits per heavy atom. The fraction of sp³-hybridized carbons (Fsp3) is 0.731. The summed E-state index contributed by atoms with van der Waals surface area (Å²) in [6, 6.07) is 0. The molecule has 18 nitrogen and oxygen atoms in total. The highest BCUT2D eigenvalue weighted by molar-refractivity contribution is 5.69. The van der Waals surface area contributed by atoms with Crippen LogP contribution in [0.2, 0.25) is 0 Å². The van der Waals surface area contributed by atoms with Crippen molar-refractivity contribution in [2.75, 3.05) is 13.2 Å². The smallest absolute Gasteiger partial charge is 0.303 e. The fourth-order valence-corrected chi connectivity index (χ4v) is 4.53. The van der Waals surface area contributed by atoms with Crippen molar-refractivity contribution < 1.29 is 86.0 Å². The monoisotopic (exact) mass is 636 g/mol. The van der Waals surface area contributed by atoms with Gasteiger partial charge in [-0.2, -0.15) is 0 Å². The van der Waals surface area contributed by atoms with Gasteiger partial charge in [-0.25, -0.2) is 0 Å². The number of ether oxygens (including phenoxy) is 10. The molecular formula is C26H36O18. The molecule has 6 unspecified atom stereocenters. The van der Waals surface area contributed by atoms with Gasteiger partial charge in [-0.05, 0) is 0 Å². The molecule has 44 heavy (non-hydrogen) atoms. The number of hydrogen-bond acceptors (Lipinski definition) is 18. The van der Waals surface area contributed by atoms with E-state index in [1.165, 1.54) is 0 Å². The van der Waals surface area contributed by atoms with Gasteiger partial charge in [0.05, 0.1) is 6.61 Å². The Morgan fingerprint density at radius 3 is 1.57 bits per heavy atom. The molecule has 2 aliphatic rings. The average molecular weight is 637 g/mol. The van der Waals surface area contributed by atoms with Gasteiger partial charge in [0.1, 0.15) is 18.8 Å². The first-order valence-corrected chi connectivity index (χ1v) is 13.3. The third-order valence-corrected chi connectivity index (χ3v) is 5.89. The molecule has 248 valence electrons. The summed E-state index contributed by atoms with van der Waals surface area (Å²) in [6.07, 6.45) is -15.3. The van der Waals surface area contributed by atoms with E-state index in [1.807, 2.05) is 0 Å². The Morgan fingerprint density at radius 2 is 1.07 bits per heavy atom. The summed E-state index contributed by atoms with van der Waals surface area (Å²) < 4.78 is 53.6. The van der Waals surface area contributed by atoms with Crippen LogP contribution < -0.4 is 0 Å². The molecule has 18 heteroatoms. The summed E-state index contributed by atoms with van der Waals surface area (Å²) in [6.45, 7) is 6.15. The second-order valence-corrected chi connectivity index (χ2v) is 9.69. The van der Waals surface area contributed by atoms with Gasteiger partial charge in [0.2, 0.25) is 0 Å². The van der Waals surface area contributed by atoms with Crippen LogP contribution in [0.15, 0.2) is 0 Å². The molecule has 2 heterocycles. The van der Waals surface area contributed by atoms with Gasteiger partial charge in [0.25, 0.3) is 0 Å². The zero-order valence-corrected chi connectivity index (χ0v) is 25.1. The highest BCUT2D eigenvalue weighted by atomic mass is 16.7. The summed E-state index contributed by atoms with van der Waals surface area (Å²) in [5.74, 6) is -5.88. The highest BCUT2D eigenvalue weighted by Crippen LogP contribution is 2.32. The minimum Gasteiger partial charge on any atom is -0.463 e. The molecule has 1 N–H and O–H groups in total. The van der Waals surface area contributed by atoms with E-state index in [0.29, 0.717) is 0 Å². The van der Waals surface area contributed by atoms with Crippen LogP contribution >= 0.6 is 0 Å². The lowest BCUT2D eigenvalue weighted by atomic mass is 9.98. The van der Waals surface area contributed by atoms with Crippen LogP contribution in [0.3, 0.4) is 0 Å². The maximum Gasteiger partial charge on any atom is 0.303 e. The highest BCUT2D eigenvalue weighted by Gasteiger charge is 2.55. The number of carbonyl (C=O) groups excluding carboxylic acids is 7. The van der Waals surface area contributed by atoms with Crippen molar-refractivity contribution in [1.29, 1.82) is 0 Å².